The van der Waals surface area contributed by atoms with Gasteiger partial charge in [0.05, 0.1) is 19.8 Å². The maximum Gasteiger partial charge on any atom is 0.244 e. The van der Waals surface area contributed by atoms with E-state index in [4.69, 9.17) is 16.3 Å². The highest BCUT2D eigenvalue weighted by molar-refractivity contribution is 6.30. The van der Waals surface area contributed by atoms with Crippen LogP contribution in [-0.2, 0) is 14.3 Å². The Morgan fingerprint density at radius 1 is 1.33 bits per heavy atom. The van der Waals surface area contributed by atoms with Crippen molar-refractivity contribution in [2.24, 2.45) is 0 Å². The van der Waals surface area contributed by atoms with E-state index in [9.17, 15) is 9.59 Å². The third-order valence-electron chi connectivity index (χ3n) is 4.03. The minimum Gasteiger partial charge on any atom is -0.379 e. The molecular weight excluding hydrogens is 330 g/mol. The second-order valence-electron chi connectivity index (χ2n) is 5.90. The van der Waals surface area contributed by atoms with E-state index in [2.05, 4.69) is 10.2 Å². The summed E-state index contributed by atoms with van der Waals surface area (Å²) in [6.07, 6.45) is 0. The number of aryl methyl sites for hydroxylation is 1. The van der Waals surface area contributed by atoms with E-state index in [-0.39, 0.29) is 18.4 Å². The molecule has 1 fully saturated rings. The molecule has 1 aromatic rings. The number of carbonyl (C=O) groups is 2. The van der Waals surface area contributed by atoms with Crippen LogP contribution in [0.5, 0.6) is 0 Å². The van der Waals surface area contributed by atoms with Gasteiger partial charge in [0.15, 0.2) is 0 Å². The van der Waals surface area contributed by atoms with E-state index in [1.165, 1.54) is 6.92 Å². The van der Waals surface area contributed by atoms with E-state index in [0.717, 1.165) is 38.4 Å². The topological polar surface area (TPSA) is 61.9 Å². The van der Waals surface area contributed by atoms with Gasteiger partial charge in [-0.25, -0.2) is 0 Å². The van der Waals surface area contributed by atoms with Crippen LogP contribution in [-0.4, -0.2) is 67.6 Å². The lowest BCUT2D eigenvalue weighted by molar-refractivity contribution is -0.133. The van der Waals surface area contributed by atoms with Crippen LogP contribution >= 0.6 is 11.6 Å². The van der Waals surface area contributed by atoms with E-state index in [1.54, 1.807) is 23.1 Å². The lowest BCUT2D eigenvalue weighted by Crippen LogP contribution is -2.44. The number of anilines is 1. The molecule has 0 spiro atoms. The number of amides is 2. The zero-order valence-electron chi connectivity index (χ0n) is 14.2. The molecular formula is C17H24ClN3O3. The molecule has 0 saturated carbocycles. The third-order valence-corrected chi connectivity index (χ3v) is 4.27. The van der Waals surface area contributed by atoms with Crippen molar-refractivity contribution in [2.45, 2.75) is 13.8 Å². The highest BCUT2D eigenvalue weighted by Crippen LogP contribution is 2.19. The molecule has 1 aliphatic heterocycles. The first-order valence-corrected chi connectivity index (χ1v) is 8.45. The molecule has 0 aliphatic carbocycles. The standard InChI is InChI=1S/C17H24ClN3O3/c1-13-11-15(18)3-4-16(13)19-17(23)12-21(14(2)22)6-5-20-7-9-24-10-8-20/h3-4,11H,5-10,12H2,1-2H3,(H,19,23). The molecule has 1 N–H and O–H groups in total. The lowest BCUT2D eigenvalue weighted by atomic mass is 10.2. The minimum atomic E-state index is -0.211. The van der Waals surface area contributed by atoms with Crippen LogP contribution in [0.4, 0.5) is 5.69 Å². The zero-order valence-corrected chi connectivity index (χ0v) is 14.9. The Bertz CT molecular complexity index is 588. The fourth-order valence-electron chi connectivity index (χ4n) is 2.57. The summed E-state index contributed by atoms with van der Waals surface area (Å²) in [6.45, 7) is 7.85. The number of ether oxygens (including phenoxy) is 1. The van der Waals surface area contributed by atoms with Crippen LogP contribution in [0, 0.1) is 6.92 Å². The van der Waals surface area contributed by atoms with Gasteiger partial charge in [0.25, 0.3) is 0 Å². The monoisotopic (exact) mass is 353 g/mol. The van der Waals surface area contributed by atoms with E-state index < -0.39 is 0 Å². The highest BCUT2D eigenvalue weighted by atomic mass is 35.5. The van der Waals surface area contributed by atoms with Crippen molar-refractivity contribution in [2.75, 3.05) is 51.3 Å². The molecule has 2 rings (SSSR count). The Morgan fingerprint density at radius 3 is 2.67 bits per heavy atom. The number of hydrogen-bond acceptors (Lipinski definition) is 4. The molecule has 1 heterocycles. The van der Waals surface area contributed by atoms with Crippen LogP contribution in [0.3, 0.4) is 0 Å². The van der Waals surface area contributed by atoms with E-state index in [0.29, 0.717) is 17.3 Å². The van der Waals surface area contributed by atoms with Gasteiger partial charge in [-0.15, -0.1) is 0 Å². The van der Waals surface area contributed by atoms with Gasteiger partial charge in [0, 0.05) is 43.8 Å². The molecule has 0 bridgehead atoms. The first-order chi connectivity index (χ1) is 11.5. The number of nitrogens with zero attached hydrogens (tertiary/aromatic N) is 2. The van der Waals surface area contributed by atoms with Crippen molar-refractivity contribution in [3.05, 3.63) is 28.8 Å². The summed E-state index contributed by atoms with van der Waals surface area (Å²) in [4.78, 5) is 27.8. The zero-order chi connectivity index (χ0) is 17.5. The number of halogens is 1. The molecule has 6 nitrogen and oxygen atoms in total. The summed E-state index contributed by atoms with van der Waals surface area (Å²) >= 11 is 5.92. The average Bonchev–Trinajstić information content (AvgIpc) is 2.55. The fraction of sp³-hybridized carbons (Fsp3) is 0.529. The number of benzene rings is 1. The van der Waals surface area contributed by atoms with Gasteiger partial charge in [-0.1, -0.05) is 11.6 Å². The summed E-state index contributed by atoms with van der Waals surface area (Å²) in [7, 11) is 0. The first-order valence-electron chi connectivity index (χ1n) is 8.07. The van der Waals surface area contributed by atoms with Crippen molar-refractivity contribution in [1.82, 2.24) is 9.80 Å². The quantitative estimate of drug-likeness (QED) is 0.846. The Labute approximate surface area is 147 Å². The van der Waals surface area contributed by atoms with Crippen LogP contribution in [0.1, 0.15) is 12.5 Å². The van der Waals surface area contributed by atoms with Crippen molar-refractivity contribution in [1.29, 1.82) is 0 Å². The van der Waals surface area contributed by atoms with Crippen molar-refractivity contribution >= 4 is 29.1 Å². The van der Waals surface area contributed by atoms with Gasteiger partial charge in [-0.05, 0) is 30.7 Å². The second-order valence-corrected chi connectivity index (χ2v) is 6.34. The van der Waals surface area contributed by atoms with Gasteiger partial charge >= 0.3 is 0 Å². The third kappa shape index (κ3) is 5.78. The Hall–Kier alpha value is -1.63. The molecule has 0 radical (unpaired) electrons. The lowest BCUT2D eigenvalue weighted by Gasteiger charge is -2.29. The van der Waals surface area contributed by atoms with Gasteiger partial charge < -0.3 is 15.0 Å². The highest BCUT2D eigenvalue weighted by Gasteiger charge is 2.17. The maximum atomic E-state index is 12.2. The predicted octanol–water partition coefficient (Wildman–Crippen LogP) is 1.77. The van der Waals surface area contributed by atoms with Crippen molar-refractivity contribution in [3.8, 4) is 0 Å². The average molecular weight is 354 g/mol. The Balaban J connectivity index is 1.86. The van der Waals surface area contributed by atoms with Crippen molar-refractivity contribution in [3.63, 3.8) is 0 Å². The SMILES string of the molecule is CC(=O)N(CCN1CCOCC1)CC(=O)Nc1ccc(Cl)cc1C. The molecule has 7 heteroatoms. The maximum absolute atomic E-state index is 12.2. The minimum absolute atomic E-state index is 0.0434. The predicted molar refractivity (Wildman–Crippen MR) is 94.3 cm³/mol. The number of carbonyl (C=O) groups excluding carboxylic acids is 2. The number of nitrogens with one attached hydrogen (secondary N) is 1. The van der Waals surface area contributed by atoms with E-state index in [1.807, 2.05) is 6.92 Å². The van der Waals surface area contributed by atoms with E-state index >= 15 is 0 Å². The molecule has 2 amide bonds. The molecule has 0 unspecified atom stereocenters. The van der Waals surface area contributed by atoms with Crippen LogP contribution in [0.2, 0.25) is 5.02 Å². The fourth-order valence-corrected chi connectivity index (χ4v) is 2.79. The number of hydrogen-bond donors (Lipinski definition) is 1. The Morgan fingerprint density at radius 2 is 2.04 bits per heavy atom. The molecule has 1 aliphatic rings. The summed E-state index contributed by atoms with van der Waals surface area (Å²) in [5, 5.41) is 3.46. The summed E-state index contributed by atoms with van der Waals surface area (Å²) in [5.74, 6) is -0.316. The molecule has 1 aromatic carbocycles. The summed E-state index contributed by atoms with van der Waals surface area (Å²) in [5.41, 5.74) is 1.60. The van der Waals surface area contributed by atoms with Gasteiger partial charge in [0.2, 0.25) is 11.8 Å². The smallest absolute Gasteiger partial charge is 0.244 e. The number of morpholine rings is 1. The van der Waals surface area contributed by atoms with Crippen LogP contribution in [0.15, 0.2) is 18.2 Å². The molecule has 132 valence electrons. The molecule has 24 heavy (non-hydrogen) atoms. The van der Waals surface area contributed by atoms with Gasteiger partial charge in [-0.3, -0.25) is 14.5 Å². The first kappa shape index (κ1) is 18.7. The summed E-state index contributed by atoms with van der Waals surface area (Å²) < 4.78 is 5.31. The van der Waals surface area contributed by atoms with Crippen LogP contribution in [0.25, 0.3) is 0 Å². The summed E-state index contributed by atoms with van der Waals surface area (Å²) in [6, 6.07) is 5.28. The number of rotatable bonds is 6. The van der Waals surface area contributed by atoms with Crippen molar-refractivity contribution < 1.29 is 14.3 Å². The molecule has 1 saturated heterocycles. The molecule has 0 atom stereocenters. The second kappa shape index (κ2) is 9.01. The molecule has 0 aromatic heterocycles. The largest absolute Gasteiger partial charge is 0.379 e. The Kier molecular flexibility index (Phi) is 7.02. The normalized spacial score (nSPS) is 15.1. The van der Waals surface area contributed by atoms with Crippen LogP contribution < -0.4 is 5.32 Å². The van der Waals surface area contributed by atoms with Gasteiger partial charge in [0.1, 0.15) is 0 Å². The van der Waals surface area contributed by atoms with Gasteiger partial charge in [-0.2, -0.15) is 0 Å².